The van der Waals surface area contributed by atoms with Crippen molar-refractivity contribution in [2.75, 3.05) is 18.4 Å². The molecule has 3 nitrogen and oxygen atoms in total. The highest BCUT2D eigenvalue weighted by molar-refractivity contribution is 5.99. The minimum atomic E-state index is 0.159. The number of hydrogen-bond donors (Lipinski definition) is 1. The largest absolute Gasteiger partial charge is 0.385 e. The van der Waals surface area contributed by atoms with Crippen LogP contribution in [0.4, 0.5) is 5.69 Å². The third-order valence-corrected chi connectivity index (χ3v) is 3.11. The number of nitrogens with one attached hydrogen (secondary N) is 1. The lowest BCUT2D eigenvalue weighted by atomic mass is 10.1. The minimum Gasteiger partial charge on any atom is -0.385 e. The standard InChI is InChI=1S/C14H20N2O/c1-3-15-13-8-6-5-7-12(13)14(17)16(4-2)11-9-10-11/h5-8,11,15H,3-4,9-10H2,1-2H3. The first-order valence-electron chi connectivity index (χ1n) is 6.41. The summed E-state index contributed by atoms with van der Waals surface area (Å²) in [7, 11) is 0. The van der Waals surface area contributed by atoms with Crippen LogP contribution in [0.5, 0.6) is 0 Å². The fourth-order valence-electron chi connectivity index (χ4n) is 2.12. The van der Waals surface area contributed by atoms with Crippen LogP contribution in [0.15, 0.2) is 24.3 Å². The zero-order chi connectivity index (χ0) is 12.3. The first-order chi connectivity index (χ1) is 8.27. The normalized spacial score (nSPS) is 14.5. The Kier molecular flexibility index (Phi) is 3.67. The predicted molar refractivity (Wildman–Crippen MR) is 70.3 cm³/mol. The maximum Gasteiger partial charge on any atom is 0.256 e. The van der Waals surface area contributed by atoms with Crippen molar-refractivity contribution < 1.29 is 4.79 Å². The van der Waals surface area contributed by atoms with Crippen LogP contribution >= 0.6 is 0 Å². The maximum absolute atomic E-state index is 12.4. The van der Waals surface area contributed by atoms with Gasteiger partial charge in [0, 0.05) is 24.8 Å². The van der Waals surface area contributed by atoms with Crippen molar-refractivity contribution in [1.29, 1.82) is 0 Å². The first-order valence-corrected chi connectivity index (χ1v) is 6.41. The van der Waals surface area contributed by atoms with Gasteiger partial charge in [0.2, 0.25) is 0 Å². The van der Waals surface area contributed by atoms with Crippen molar-refractivity contribution in [3.05, 3.63) is 29.8 Å². The Bertz CT molecular complexity index is 399. The number of hydrogen-bond acceptors (Lipinski definition) is 2. The van der Waals surface area contributed by atoms with Gasteiger partial charge in [-0.3, -0.25) is 4.79 Å². The van der Waals surface area contributed by atoms with E-state index >= 15 is 0 Å². The molecule has 0 heterocycles. The van der Waals surface area contributed by atoms with E-state index in [1.165, 1.54) is 0 Å². The molecular weight excluding hydrogens is 212 g/mol. The van der Waals surface area contributed by atoms with Crippen LogP contribution in [-0.4, -0.2) is 29.9 Å². The molecule has 0 radical (unpaired) electrons. The van der Waals surface area contributed by atoms with E-state index in [0.29, 0.717) is 6.04 Å². The molecule has 1 aliphatic rings. The second kappa shape index (κ2) is 5.21. The number of anilines is 1. The van der Waals surface area contributed by atoms with E-state index in [2.05, 4.69) is 5.32 Å². The highest BCUT2D eigenvalue weighted by atomic mass is 16.2. The van der Waals surface area contributed by atoms with Crippen molar-refractivity contribution >= 4 is 11.6 Å². The second-order valence-corrected chi connectivity index (χ2v) is 4.40. The number of para-hydroxylation sites is 1. The molecule has 0 spiro atoms. The van der Waals surface area contributed by atoms with Gasteiger partial charge in [-0.05, 0) is 38.8 Å². The summed E-state index contributed by atoms with van der Waals surface area (Å²) in [6, 6.07) is 8.24. The van der Waals surface area contributed by atoms with Crippen LogP contribution < -0.4 is 5.32 Å². The van der Waals surface area contributed by atoms with Crippen molar-refractivity contribution in [3.8, 4) is 0 Å². The number of amides is 1. The molecule has 0 unspecified atom stereocenters. The average Bonchev–Trinajstić information content (AvgIpc) is 3.15. The second-order valence-electron chi connectivity index (χ2n) is 4.40. The molecule has 1 saturated carbocycles. The summed E-state index contributed by atoms with van der Waals surface area (Å²) in [5.74, 6) is 0.159. The van der Waals surface area contributed by atoms with Crippen LogP contribution in [0, 0.1) is 0 Å². The lowest BCUT2D eigenvalue weighted by Gasteiger charge is -2.22. The topological polar surface area (TPSA) is 32.3 Å². The molecule has 1 N–H and O–H groups in total. The Hall–Kier alpha value is -1.51. The molecule has 1 aliphatic carbocycles. The lowest BCUT2D eigenvalue weighted by Crippen LogP contribution is -2.33. The minimum absolute atomic E-state index is 0.159. The van der Waals surface area contributed by atoms with E-state index in [1.807, 2.05) is 43.0 Å². The maximum atomic E-state index is 12.4. The molecular formula is C14H20N2O. The van der Waals surface area contributed by atoms with Gasteiger partial charge in [0.15, 0.2) is 0 Å². The third kappa shape index (κ3) is 2.60. The van der Waals surface area contributed by atoms with E-state index < -0.39 is 0 Å². The summed E-state index contributed by atoms with van der Waals surface area (Å²) in [6.45, 7) is 5.72. The highest BCUT2D eigenvalue weighted by Crippen LogP contribution is 2.29. The van der Waals surface area contributed by atoms with Crippen molar-refractivity contribution in [2.24, 2.45) is 0 Å². The smallest absolute Gasteiger partial charge is 0.256 e. The van der Waals surface area contributed by atoms with Gasteiger partial charge in [-0.15, -0.1) is 0 Å². The Balaban J connectivity index is 2.22. The van der Waals surface area contributed by atoms with Crippen molar-refractivity contribution in [2.45, 2.75) is 32.7 Å². The van der Waals surface area contributed by atoms with Gasteiger partial charge < -0.3 is 10.2 Å². The van der Waals surface area contributed by atoms with Gasteiger partial charge in [0.05, 0.1) is 5.56 Å². The monoisotopic (exact) mass is 232 g/mol. The van der Waals surface area contributed by atoms with Gasteiger partial charge in [-0.1, -0.05) is 12.1 Å². The zero-order valence-corrected chi connectivity index (χ0v) is 10.6. The fourth-order valence-corrected chi connectivity index (χ4v) is 2.12. The molecule has 0 bridgehead atoms. The molecule has 1 amide bonds. The first kappa shape index (κ1) is 12.0. The van der Waals surface area contributed by atoms with Gasteiger partial charge >= 0.3 is 0 Å². The molecule has 92 valence electrons. The zero-order valence-electron chi connectivity index (χ0n) is 10.6. The SMILES string of the molecule is CCNc1ccccc1C(=O)N(CC)C1CC1. The Morgan fingerprint density at radius 2 is 2.06 bits per heavy atom. The van der Waals surface area contributed by atoms with Gasteiger partial charge in [0.1, 0.15) is 0 Å². The van der Waals surface area contributed by atoms with Gasteiger partial charge in [-0.2, -0.15) is 0 Å². The summed E-state index contributed by atoms with van der Waals surface area (Å²) in [4.78, 5) is 14.4. The van der Waals surface area contributed by atoms with Crippen molar-refractivity contribution in [1.82, 2.24) is 4.90 Å². The summed E-state index contributed by atoms with van der Waals surface area (Å²) in [6.07, 6.45) is 2.31. The predicted octanol–water partition coefficient (Wildman–Crippen LogP) is 2.74. The van der Waals surface area contributed by atoms with E-state index in [4.69, 9.17) is 0 Å². The quantitative estimate of drug-likeness (QED) is 0.846. The van der Waals surface area contributed by atoms with Crippen LogP contribution in [0.25, 0.3) is 0 Å². The molecule has 17 heavy (non-hydrogen) atoms. The molecule has 1 aromatic carbocycles. The molecule has 0 saturated heterocycles. The summed E-state index contributed by atoms with van der Waals surface area (Å²) in [5, 5.41) is 3.25. The van der Waals surface area contributed by atoms with Crippen LogP contribution in [0.2, 0.25) is 0 Å². The van der Waals surface area contributed by atoms with E-state index in [-0.39, 0.29) is 5.91 Å². The summed E-state index contributed by atoms with van der Waals surface area (Å²) < 4.78 is 0. The molecule has 0 aromatic heterocycles. The van der Waals surface area contributed by atoms with E-state index in [0.717, 1.165) is 37.2 Å². The highest BCUT2D eigenvalue weighted by Gasteiger charge is 2.32. The van der Waals surface area contributed by atoms with E-state index in [9.17, 15) is 4.79 Å². The number of benzene rings is 1. The van der Waals surface area contributed by atoms with Crippen LogP contribution in [-0.2, 0) is 0 Å². The summed E-state index contributed by atoms with van der Waals surface area (Å²) >= 11 is 0. The molecule has 3 heteroatoms. The number of carbonyl (C=O) groups is 1. The number of nitrogens with zero attached hydrogens (tertiary/aromatic N) is 1. The molecule has 1 aromatic rings. The molecule has 2 rings (SSSR count). The third-order valence-electron chi connectivity index (χ3n) is 3.11. The lowest BCUT2D eigenvalue weighted by molar-refractivity contribution is 0.0753. The van der Waals surface area contributed by atoms with Crippen LogP contribution in [0.1, 0.15) is 37.0 Å². The Morgan fingerprint density at radius 1 is 1.35 bits per heavy atom. The fraction of sp³-hybridized carbons (Fsp3) is 0.500. The average molecular weight is 232 g/mol. The molecule has 0 aliphatic heterocycles. The number of rotatable bonds is 5. The molecule has 0 atom stereocenters. The van der Waals surface area contributed by atoms with E-state index in [1.54, 1.807) is 0 Å². The number of carbonyl (C=O) groups excluding carboxylic acids is 1. The summed E-state index contributed by atoms with van der Waals surface area (Å²) in [5.41, 5.74) is 1.74. The van der Waals surface area contributed by atoms with Gasteiger partial charge in [0.25, 0.3) is 5.91 Å². The Labute approximate surface area is 103 Å². The van der Waals surface area contributed by atoms with Crippen LogP contribution in [0.3, 0.4) is 0 Å². The molecule has 1 fully saturated rings. The van der Waals surface area contributed by atoms with Gasteiger partial charge in [-0.25, -0.2) is 0 Å². The van der Waals surface area contributed by atoms with Crippen molar-refractivity contribution in [3.63, 3.8) is 0 Å². The Morgan fingerprint density at radius 3 is 2.65 bits per heavy atom.